The Kier molecular flexibility index (Phi) is 1.25. The molecule has 0 aromatic heterocycles. The van der Waals surface area contributed by atoms with E-state index in [0.29, 0.717) is 5.92 Å². The molecule has 2 aliphatic rings. The molecule has 2 rings (SSSR count). The van der Waals surface area contributed by atoms with Gasteiger partial charge in [0.2, 0.25) is 0 Å². The molecule has 1 nitrogen and oxygen atoms in total. The first-order valence-corrected chi connectivity index (χ1v) is 3.93. The van der Waals surface area contributed by atoms with Gasteiger partial charge in [-0.05, 0) is 19.3 Å². The summed E-state index contributed by atoms with van der Waals surface area (Å²) in [6.07, 6.45) is 9.10. The van der Waals surface area contributed by atoms with E-state index in [0.717, 1.165) is 13.2 Å². The van der Waals surface area contributed by atoms with Crippen molar-refractivity contribution in [1.82, 2.24) is 0 Å². The van der Waals surface area contributed by atoms with Gasteiger partial charge in [-0.25, -0.2) is 0 Å². The van der Waals surface area contributed by atoms with Gasteiger partial charge in [0.1, 0.15) is 0 Å². The number of hydrogen-bond acceptors (Lipinski definition) is 1. The van der Waals surface area contributed by atoms with Crippen molar-refractivity contribution in [2.45, 2.75) is 19.3 Å². The molecule has 0 aromatic rings. The third-order valence-corrected chi connectivity index (χ3v) is 2.79. The summed E-state index contributed by atoms with van der Waals surface area (Å²) in [5.74, 6) is 3.59. The lowest BCUT2D eigenvalue weighted by molar-refractivity contribution is 0.176. The van der Waals surface area contributed by atoms with Crippen LogP contribution in [-0.4, -0.2) is 13.2 Å². The quantitative estimate of drug-likeness (QED) is 0.495. The second-order valence-corrected chi connectivity index (χ2v) is 3.36. The maximum Gasteiger partial charge on any atom is 0.0509 e. The Morgan fingerprint density at radius 2 is 2.30 bits per heavy atom. The van der Waals surface area contributed by atoms with Crippen LogP contribution in [0.4, 0.5) is 0 Å². The Bertz CT molecular complexity index is 168. The summed E-state index contributed by atoms with van der Waals surface area (Å²) in [6, 6.07) is 0. The average molecular weight is 136 g/mol. The van der Waals surface area contributed by atoms with Gasteiger partial charge < -0.3 is 4.74 Å². The molecule has 0 N–H and O–H groups in total. The summed E-state index contributed by atoms with van der Waals surface area (Å²) in [7, 11) is 0. The van der Waals surface area contributed by atoms with Crippen LogP contribution in [0.25, 0.3) is 0 Å². The van der Waals surface area contributed by atoms with Gasteiger partial charge in [0.25, 0.3) is 0 Å². The second-order valence-electron chi connectivity index (χ2n) is 3.36. The van der Waals surface area contributed by atoms with Gasteiger partial charge in [0, 0.05) is 17.9 Å². The summed E-state index contributed by atoms with van der Waals surface area (Å²) < 4.78 is 5.29. The van der Waals surface area contributed by atoms with Crippen molar-refractivity contribution in [1.29, 1.82) is 0 Å². The minimum atomic E-state index is 0.274. The fourth-order valence-electron chi connectivity index (χ4n) is 1.78. The van der Waals surface area contributed by atoms with Crippen LogP contribution in [-0.2, 0) is 4.74 Å². The van der Waals surface area contributed by atoms with E-state index >= 15 is 0 Å². The van der Waals surface area contributed by atoms with Crippen LogP contribution < -0.4 is 0 Å². The standard InChI is InChI=1S/C9H12O/c1-2-9(4-5-9)8-3-6-10-7-8/h1,8H,3-7H2. The number of terminal acetylenes is 1. The zero-order valence-corrected chi connectivity index (χ0v) is 6.10. The van der Waals surface area contributed by atoms with E-state index in [2.05, 4.69) is 5.92 Å². The first-order valence-electron chi connectivity index (χ1n) is 3.93. The monoisotopic (exact) mass is 136 g/mol. The van der Waals surface area contributed by atoms with E-state index in [9.17, 15) is 0 Å². The number of ether oxygens (including phenoxy) is 1. The molecule has 2 fully saturated rings. The Hall–Kier alpha value is -0.480. The molecule has 54 valence electrons. The van der Waals surface area contributed by atoms with Gasteiger partial charge in [0.05, 0.1) is 6.61 Å². The van der Waals surface area contributed by atoms with E-state index in [1.54, 1.807) is 0 Å². The summed E-state index contributed by atoms with van der Waals surface area (Å²) in [4.78, 5) is 0. The molecule has 1 aliphatic heterocycles. The average Bonchev–Trinajstić information content (AvgIpc) is 2.58. The molecule has 1 heterocycles. The molecule has 0 amide bonds. The highest BCUT2D eigenvalue weighted by molar-refractivity contribution is 5.18. The minimum Gasteiger partial charge on any atom is -0.381 e. The number of rotatable bonds is 1. The summed E-state index contributed by atoms with van der Waals surface area (Å²) >= 11 is 0. The van der Waals surface area contributed by atoms with Gasteiger partial charge in [-0.1, -0.05) is 5.92 Å². The van der Waals surface area contributed by atoms with Gasteiger partial charge in [-0.3, -0.25) is 0 Å². The van der Waals surface area contributed by atoms with Crippen molar-refractivity contribution >= 4 is 0 Å². The highest BCUT2D eigenvalue weighted by Gasteiger charge is 2.48. The lowest BCUT2D eigenvalue weighted by atomic mass is 9.89. The summed E-state index contributed by atoms with van der Waals surface area (Å²) in [6.45, 7) is 1.83. The maximum absolute atomic E-state index is 5.44. The fourth-order valence-corrected chi connectivity index (χ4v) is 1.78. The summed E-state index contributed by atoms with van der Waals surface area (Å²) in [5, 5.41) is 0. The van der Waals surface area contributed by atoms with Gasteiger partial charge in [-0.15, -0.1) is 6.42 Å². The van der Waals surface area contributed by atoms with E-state index in [-0.39, 0.29) is 5.41 Å². The fraction of sp³-hybridized carbons (Fsp3) is 0.778. The molecule has 0 spiro atoms. The Labute approximate surface area is 61.8 Å². The number of hydrogen-bond donors (Lipinski definition) is 0. The van der Waals surface area contributed by atoms with Gasteiger partial charge in [0.15, 0.2) is 0 Å². The topological polar surface area (TPSA) is 9.23 Å². The van der Waals surface area contributed by atoms with Crippen LogP contribution in [0.5, 0.6) is 0 Å². The van der Waals surface area contributed by atoms with Crippen LogP contribution in [0, 0.1) is 23.7 Å². The third-order valence-electron chi connectivity index (χ3n) is 2.79. The van der Waals surface area contributed by atoms with E-state index in [1.165, 1.54) is 19.3 Å². The van der Waals surface area contributed by atoms with Crippen molar-refractivity contribution in [3.63, 3.8) is 0 Å². The van der Waals surface area contributed by atoms with Crippen LogP contribution >= 0.6 is 0 Å². The molecule has 1 saturated heterocycles. The second kappa shape index (κ2) is 2.00. The SMILES string of the molecule is C#CC1(C2CCOC2)CC1. The molecule has 0 radical (unpaired) electrons. The lowest BCUT2D eigenvalue weighted by Crippen LogP contribution is -2.13. The molecule has 0 bridgehead atoms. The Morgan fingerprint density at radius 1 is 1.50 bits per heavy atom. The highest BCUT2D eigenvalue weighted by Crippen LogP contribution is 2.53. The molecule has 1 unspecified atom stereocenters. The zero-order valence-electron chi connectivity index (χ0n) is 6.10. The molecule has 1 heteroatoms. The first kappa shape index (κ1) is 6.24. The van der Waals surface area contributed by atoms with Crippen LogP contribution in [0.1, 0.15) is 19.3 Å². The normalized spacial score (nSPS) is 35.3. The molecular weight excluding hydrogens is 124 g/mol. The maximum atomic E-state index is 5.44. The van der Waals surface area contributed by atoms with E-state index in [1.807, 2.05) is 0 Å². The van der Waals surface area contributed by atoms with E-state index in [4.69, 9.17) is 11.2 Å². The molecule has 1 atom stereocenters. The van der Waals surface area contributed by atoms with E-state index < -0.39 is 0 Å². The minimum absolute atomic E-state index is 0.274. The van der Waals surface area contributed by atoms with Crippen LogP contribution in [0.2, 0.25) is 0 Å². The van der Waals surface area contributed by atoms with Gasteiger partial charge >= 0.3 is 0 Å². The Morgan fingerprint density at radius 3 is 2.70 bits per heavy atom. The lowest BCUT2D eigenvalue weighted by Gasteiger charge is -2.13. The van der Waals surface area contributed by atoms with Crippen molar-refractivity contribution in [2.24, 2.45) is 11.3 Å². The molecule has 10 heavy (non-hydrogen) atoms. The zero-order chi connectivity index (χ0) is 7.03. The predicted octanol–water partition coefficient (Wildman–Crippen LogP) is 1.44. The first-order chi connectivity index (χ1) is 4.87. The predicted molar refractivity (Wildman–Crippen MR) is 39.4 cm³/mol. The van der Waals surface area contributed by atoms with Crippen molar-refractivity contribution in [2.75, 3.05) is 13.2 Å². The third kappa shape index (κ3) is 0.759. The molecule has 0 aromatic carbocycles. The Balaban J connectivity index is 2.05. The van der Waals surface area contributed by atoms with Crippen molar-refractivity contribution < 1.29 is 4.74 Å². The summed E-state index contributed by atoms with van der Waals surface area (Å²) in [5.41, 5.74) is 0.274. The smallest absolute Gasteiger partial charge is 0.0509 e. The largest absolute Gasteiger partial charge is 0.381 e. The van der Waals surface area contributed by atoms with Crippen LogP contribution in [0.15, 0.2) is 0 Å². The molecule has 1 aliphatic carbocycles. The van der Waals surface area contributed by atoms with Crippen LogP contribution in [0.3, 0.4) is 0 Å². The van der Waals surface area contributed by atoms with Crippen molar-refractivity contribution in [3.8, 4) is 12.3 Å². The van der Waals surface area contributed by atoms with Crippen molar-refractivity contribution in [3.05, 3.63) is 0 Å². The highest BCUT2D eigenvalue weighted by atomic mass is 16.5. The molecular formula is C9H12O. The van der Waals surface area contributed by atoms with Gasteiger partial charge in [-0.2, -0.15) is 0 Å². The molecule has 1 saturated carbocycles.